The van der Waals surface area contributed by atoms with E-state index in [1.54, 1.807) is 55.6 Å². The van der Waals surface area contributed by atoms with E-state index in [0.717, 1.165) is 28.3 Å². The van der Waals surface area contributed by atoms with Crippen LogP contribution in [0.25, 0.3) is 0 Å². The molecule has 4 aromatic carbocycles. The molecule has 8 nitrogen and oxygen atoms in total. The topological polar surface area (TPSA) is 96.0 Å². The van der Waals surface area contributed by atoms with E-state index in [0.29, 0.717) is 17.3 Å². The number of halogens is 1. The van der Waals surface area contributed by atoms with Gasteiger partial charge in [-0.3, -0.25) is 13.9 Å². The van der Waals surface area contributed by atoms with Crippen molar-refractivity contribution >= 4 is 39.1 Å². The quantitative estimate of drug-likeness (QED) is 0.157. The van der Waals surface area contributed by atoms with Gasteiger partial charge < -0.3 is 15.0 Å². The number of unbranched alkanes of at least 4 members (excludes halogenated alkanes) is 1. The summed E-state index contributed by atoms with van der Waals surface area (Å²) >= 11 is 6.28. The van der Waals surface area contributed by atoms with Crippen LogP contribution in [0.5, 0.6) is 5.75 Å². The van der Waals surface area contributed by atoms with Crippen molar-refractivity contribution in [2.45, 2.75) is 43.7 Å². The number of ether oxygens (including phenoxy) is 1. The molecule has 0 spiro atoms. The minimum absolute atomic E-state index is 0.0234. The predicted octanol–water partition coefficient (Wildman–Crippen LogP) is 6.10. The molecule has 0 aliphatic carbocycles. The first-order valence-corrected chi connectivity index (χ1v) is 16.6. The van der Waals surface area contributed by atoms with Crippen molar-refractivity contribution < 1.29 is 22.7 Å². The van der Waals surface area contributed by atoms with E-state index in [1.165, 1.54) is 23.1 Å². The number of nitrogens with one attached hydrogen (secondary N) is 1. The molecule has 4 aromatic rings. The van der Waals surface area contributed by atoms with Crippen molar-refractivity contribution in [1.29, 1.82) is 0 Å². The first-order valence-electron chi connectivity index (χ1n) is 14.8. The molecule has 10 heteroatoms. The SMILES string of the molecule is CCCCNC(=O)[C@@H](Cc1ccccc1)N(Cc1cccc(OC)c1)C(=O)CN(c1cccc(Cl)c1)S(=O)(=O)c1ccccc1. The van der Waals surface area contributed by atoms with E-state index in [4.69, 9.17) is 16.3 Å². The molecule has 0 unspecified atom stereocenters. The Morgan fingerprint density at radius 3 is 2.20 bits per heavy atom. The van der Waals surface area contributed by atoms with Crippen LogP contribution in [0.4, 0.5) is 5.69 Å². The van der Waals surface area contributed by atoms with Crippen LogP contribution in [0.3, 0.4) is 0 Å². The number of benzene rings is 4. The Balaban J connectivity index is 1.79. The summed E-state index contributed by atoms with van der Waals surface area (Å²) in [5.41, 5.74) is 1.82. The highest BCUT2D eigenvalue weighted by Gasteiger charge is 2.34. The van der Waals surface area contributed by atoms with Crippen molar-refractivity contribution in [2.75, 3.05) is 24.5 Å². The maximum atomic E-state index is 14.5. The molecule has 0 saturated carbocycles. The zero-order valence-corrected chi connectivity index (χ0v) is 27.0. The number of carbonyl (C=O) groups is 2. The van der Waals surface area contributed by atoms with Gasteiger partial charge in [-0.05, 0) is 60.0 Å². The van der Waals surface area contributed by atoms with Crippen LogP contribution in [0.1, 0.15) is 30.9 Å². The average Bonchev–Trinajstić information content (AvgIpc) is 3.06. The van der Waals surface area contributed by atoms with Crippen LogP contribution in [0.2, 0.25) is 5.02 Å². The fraction of sp³-hybridized carbons (Fsp3) is 0.257. The lowest BCUT2D eigenvalue weighted by Crippen LogP contribution is -2.53. The van der Waals surface area contributed by atoms with Crippen LogP contribution < -0.4 is 14.4 Å². The second-order valence-electron chi connectivity index (χ2n) is 10.5. The molecule has 1 atom stereocenters. The molecule has 4 rings (SSSR count). The predicted molar refractivity (Wildman–Crippen MR) is 178 cm³/mol. The first-order chi connectivity index (χ1) is 21.7. The molecule has 2 amide bonds. The number of nitrogens with zero attached hydrogens (tertiary/aromatic N) is 2. The summed E-state index contributed by atoms with van der Waals surface area (Å²) in [7, 11) is -2.64. The summed E-state index contributed by atoms with van der Waals surface area (Å²) in [6, 6.07) is 30.0. The lowest BCUT2D eigenvalue weighted by molar-refractivity contribution is -0.140. The number of carbonyl (C=O) groups excluding carboxylic acids is 2. The number of amides is 2. The second kappa shape index (κ2) is 16.1. The summed E-state index contributed by atoms with van der Waals surface area (Å²) in [6.45, 7) is 1.97. The second-order valence-corrected chi connectivity index (χ2v) is 12.8. The Labute approximate surface area is 270 Å². The molecule has 0 aliphatic rings. The van der Waals surface area contributed by atoms with Crippen LogP contribution >= 0.6 is 11.6 Å². The molecule has 0 radical (unpaired) electrons. The molecule has 1 N–H and O–H groups in total. The molecule has 0 fully saturated rings. The minimum Gasteiger partial charge on any atom is -0.497 e. The third kappa shape index (κ3) is 9.09. The van der Waals surface area contributed by atoms with E-state index in [2.05, 4.69) is 5.32 Å². The summed E-state index contributed by atoms with van der Waals surface area (Å²) in [5.74, 6) is -0.272. The Morgan fingerprint density at radius 2 is 1.53 bits per heavy atom. The lowest BCUT2D eigenvalue weighted by atomic mass is 10.0. The van der Waals surface area contributed by atoms with Gasteiger partial charge in [0.05, 0.1) is 17.7 Å². The highest BCUT2D eigenvalue weighted by Crippen LogP contribution is 2.27. The van der Waals surface area contributed by atoms with Gasteiger partial charge in [0.15, 0.2) is 0 Å². The molecule has 0 heterocycles. The van der Waals surface area contributed by atoms with Gasteiger partial charge in [0.25, 0.3) is 10.0 Å². The minimum atomic E-state index is -4.20. The standard InChI is InChI=1S/C35H38ClN3O5S/c1-3-4-21-37-35(41)33(23-27-13-7-5-8-14-27)38(25-28-15-11-18-31(22-28)44-2)34(40)26-39(30-17-12-16-29(36)24-30)45(42,43)32-19-9-6-10-20-32/h5-20,22,24,33H,3-4,21,23,25-26H2,1-2H3,(H,37,41)/t33-/m1/s1. The summed E-state index contributed by atoms with van der Waals surface area (Å²) in [5, 5.41) is 3.31. The van der Waals surface area contributed by atoms with Crippen LogP contribution in [-0.4, -0.2) is 51.4 Å². The maximum Gasteiger partial charge on any atom is 0.264 e. The smallest absolute Gasteiger partial charge is 0.264 e. The maximum absolute atomic E-state index is 14.5. The highest BCUT2D eigenvalue weighted by molar-refractivity contribution is 7.92. The molecule has 0 saturated heterocycles. The molecular formula is C35H38ClN3O5S. The fourth-order valence-corrected chi connectivity index (χ4v) is 6.52. The van der Waals surface area contributed by atoms with E-state index >= 15 is 0 Å². The number of rotatable bonds is 15. The van der Waals surface area contributed by atoms with Crippen LogP contribution in [-0.2, 0) is 32.6 Å². The summed E-state index contributed by atoms with van der Waals surface area (Å²) in [6.07, 6.45) is 1.91. The zero-order chi connectivity index (χ0) is 32.2. The Bertz CT molecular complexity index is 1670. The van der Waals surface area contributed by atoms with Crippen molar-refractivity contribution in [3.8, 4) is 5.75 Å². The van der Waals surface area contributed by atoms with E-state index < -0.39 is 28.5 Å². The van der Waals surface area contributed by atoms with E-state index in [-0.39, 0.29) is 29.5 Å². The van der Waals surface area contributed by atoms with Gasteiger partial charge in [-0.2, -0.15) is 0 Å². The van der Waals surface area contributed by atoms with Crippen molar-refractivity contribution in [1.82, 2.24) is 10.2 Å². The Hall–Kier alpha value is -4.34. The number of anilines is 1. The van der Waals surface area contributed by atoms with Gasteiger partial charge in [0.2, 0.25) is 11.8 Å². The van der Waals surface area contributed by atoms with Gasteiger partial charge in [-0.15, -0.1) is 0 Å². The number of hydrogen-bond acceptors (Lipinski definition) is 5. The normalized spacial score (nSPS) is 11.8. The Kier molecular flexibility index (Phi) is 12.0. The third-order valence-corrected chi connectivity index (χ3v) is 9.32. The fourth-order valence-electron chi connectivity index (χ4n) is 4.91. The lowest BCUT2D eigenvalue weighted by Gasteiger charge is -2.34. The van der Waals surface area contributed by atoms with E-state index in [1.807, 2.05) is 49.4 Å². The van der Waals surface area contributed by atoms with Crippen molar-refractivity contribution in [2.24, 2.45) is 0 Å². The van der Waals surface area contributed by atoms with Gasteiger partial charge in [-0.1, -0.05) is 91.7 Å². The van der Waals surface area contributed by atoms with Gasteiger partial charge in [-0.25, -0.2) is 8.42 Å². The first kappa shape index (κ1) is 33.6. The highest BCUT2D eigenvalue weighted by atomic mass is 35.5. The summed E-state index contributed by atoms with van der Waals surface area (Å²) < 4.78 is 34.5. The molecule has 0 bridgehead atoms. The zero-order valence-electron chi connectivity index (χ0n) is 25.4. The summed E-state index contributed by atoms with van der Waals surface area (Å²) in [4.78, 5) is 29.8. The monoisotopic (exact) mass is 647 g/mol. The molecule has 0 aliphatic heterocycles. The molecular weight excluding hydrogens is 610 g/mol. The Morgan fingerprint density at radius 1 is 0.867 bits per heavy atom. The van der Waals surface area contributed by atoms with Gasteiger partial charge in [0, 0.05) is 24.5 Å². The largest absolute Gasteiger partial charge is 0.497 e. The molecule has 0 aromatic heterocycles. The number of sulfonamides is 1. The van der Waals surface area contributed by atoms with Gasteiger partial charge in [0.1, 0.15) is 18.3 Å². The van der Waals surface area contributed by atoms with Gasteiger partial charge >= 0.3 is 0 Å². The van der Waals surface area contributed by atoms with Crippen molar-refractivity contribution in [3.63, 3.8) is 0 Å². The molecule has 236 valence electrons. The average molecular weight is 648 g/mol. The van der Waals surface area contributed by atoms with Crippen molar-refractivity contribution in [3.05, 3.63) is 125 Å². The van der Waals surface area contributed by atoms with Crippen LogP contribution in [0, 0.1) is 0 Å². The number of methoxy groups -OCH3 is 1. The van der Waals surface area contributed by atoms with E-state index in [9.17, 15) is 18.0 Å². The third-order valence-electron chi connectivity index (χ3n) is 7.29. The van der Waals surface area contributed by atoms with Crippen LogP contribution in [0.15, 0.2) is 114 Å². The molecule has 45 heavy (non-hydrogen) atoms. The number of hydrogen-bond donors (Lipinski definition) is 1.